The molecule has 0 N–H and O–H groups in total. The number of halogens is 4. The van der Waals surface area contributed by atoms with Crippen molar-refractivity contribution in [2.75, 3.05) is 0 Å². The lowest BCUT2D eigenvalue weighted by atomic mass is 10.0. The van der Waals surface area contributed by atoms with Gasteiger partial charge in [-0.3, -0.25) is 4.79 Å². The van der Waals surface area contributed by atoms with Gasteiger partial charge in [0.05, 0.1) is 5.56 Å². The van der Waals surface area contributed by atoms with Gasteiger partial charge in [0.15, 0.2) is 5.78 Å². The lowest BCUT2D eigenvalue weighted by molar-refractivity contribution is -0.0503. The first-order valence-electron chi connectivity index (χ1n) is 5.44. The number of carbonyl (C=O) groups is 1. The first-order chi connectivity index (χ1) is 8.47. The van der Waals surface area contributed by atoms with Crippen LogP contribution >= 0.6 is 15.9 Å². The molecule has 6 heteroatoms. The van der Waals surface area contributed by atoms with Crippen molar-refractivity contribution < 1.29 is 22.7 Å². The number of hydrogen-bond donors (Lipinski definition) is 0. The largest absolute Gasteiger partial charge is 0.434 e. The Kier molecular flexibility index (Phi) is 3.94. The quantitative estimate of drug-likeness (QED) is 0.760. The number of Topliss-reactive ketones (excluding diaryl/α,β-unsaturated/α-hetero) is 1. The molecule has 1 saturated carbocycles. The van der Waals surface area contributed by atoms with Crippen LogP contribution in [0.5, 0.6) is 5.75 Å². The molecule has 2 nitrogen and oxygen atoms in total. The Morgan fingerprint density at radius 1 is 1.44 bits per heavy atom. The Bertz CT molecular complexity index is 473. The summed E-state index contributed by atoms with van der Waals surface area (Å²) in [5, 5.41) is 0. The SMILES string of the molecule is O=C(CC1CC1)c1c(F)cc(Br)cc1OC(F)F. The average molecular weight is 323 g/mol. The van der Waals surface area contributed by atoms with Crippen LogP contribution in [0, 0.1) is 11.7 Å². The number of ketones is 1. The second kappa shape index (κ2) is 5.30. The van der Waals surface area contributed by atoms with Gasteiger partial charge in [-0.1, -0.05) is 15.9 Å². The predicted octanol–water partition coefficient (Wildman–Crippen LogP) is 4.17. The van der Waals surface area contributed by atoms with E-state index in [1.54, 1.807) is 0 Å². The highest BCUT2D eigenvalue weighted by Gasteiger charge is 2.28. The highest BCUT2D eigenvalue weighted by atomic mass is 79.9. The minimum Gasteiger partial charge on any atom is -0.434 e. The molecule has 98 valence electrons. The molecule has 0 aromatic heterocycles. The fraction of sp³-hybridized carbons (Fsp3) is 0.417. The molecule has 1 aromatic rings. The fourth-order valence-corrected chi connectivity index (χ4v) is 2.10. The van der Waals surface area contributed by atoms with E-state index >= 15 is 0 Å². The van der Waals surface area contributed by atoms with Crippen molar-refractivity contribution in [1.29, 1.82) is 0 Å². The van der Waals surface area contributed by atoms with Gasteiger partial charge >= 0.3 is 6.61 Å². The van der Waals surface area contributed by atoms with Gasteiger partial charge in [-0.15, -0.1) is 0 Å². The van der Waals surface area contributed by atoms with Crippen LogP contribution in [0.4, 0.5) is 13.2 Å². The highest BCUT2D eigenvalue weighted by molar-refractivity contribution is 9.10. The van der Waals surface area contributed by atoms with Crippen LogP contribution in [0.3, 0.4) is 0 Å². The van der Waals surface area contributed by atoms with Gasteiger partial charge in [0.25, 0.3) is 0 Å². The van der Waals surface area contributed by atoms with E-state index in [0.29, 0.717) is 0 Å². The van der Waals surface area contributed by atoms with Crippen molar-refractivity contribution in [3.63, 3.8) is 0 Å². The van der Waals surface area contributed by atoms with Crippen molar-refractivity contribution in [1.82, 2.24) is 0 Å². The smallest absolute Gasteiger partial charge is 0.387 e. The minimum absolute atomic E-state index is 0.179. The third-order valence-electron chi connectivity index (χ3n) is 2.68. The van der Waals surface area contributed by atoms with Crippen LogP contribution < -0.4 is 4.74 Å². The van der Waals surface area contributed by atoms with Crippen molar-refractivity contribution in [3.05, 3.63) is 28.0 Å². The molecule has 1 aliphatic rings. The Morgan fingerprint density at radius 3 is 2.67 bits per heavy atom. The first-order valence-corrected chi connectivity index (χ1v) is 6.23. The lowest BCUT2D eigenvalue weighted by Crippen LogP contribution is -2.10. The van der Waals surface area contributed by atoms with Gasteiger partial charge in [-0.05, 0) is 30.9 Å². The molecule has 0 saturated heterocycles. The minimum atomic E-state index is -3.09. The third-order valence-corrected chi connectivity index (χ3v) is 3.14. The van der Waals surface area contributed by atoms with Crippen LogP contribution in [0.25, 0.3) is 0 Å². The number of ether oxygens (including phenoxy) is 1. The van der Waals surface area contributed by atoms with Crippen molar-refractivity contribution >= 4 is 21.7 Å². The molecule has 0 aliphatic heterocycles. The third kappa shape index (κ3) is 3.25. The van der Waals surface area contributed by atoms with Gasteiger partial charge in [0.2, 0.25) is 0 Å². The number of benzene rings is 1. The topological polar surface area (TPSA) is 26.3 Å². The second-order valence-corrected chi connectivity index (χ2v) is 5.13. The molecule has 18 heavy (non-hydrogen) atoms. The van der Waals surface area contributed by atoms with Crippen LogP contribution in [-0.2, 0) is 0 Å². The van der Waals surface area contributed by atoms with Crippen LogP contribution in [0.2, 0.25) is 0 Å². The van der Waals surface area contributed by atoms with Crippen molar-refractivity contribution in [2.24, 2.45) is 5.92 Å². The molecule has 0 spiro atoms. The summed E-state index contributed by atoms with van der Waals surface area (Å²) in [6.45, 7) is -3.09. The zero-order valence-electron chi connectivity index (χ0n) is 9.26. The maximum atomic E-state index is 13.7. The molecule has 0 unspecified atom stereocenters. The number of alkyl halides is 2. The first kappa shape index (κ1) is 13.4. The van der Waals surface area contributed by atoms with E-state index in [1.807, 2.05) is 0 Å². The normalized spacial score (nSPS) is 14.9. The summed E-state index contributed by atoms with van der Waals surface area (Å²) in [6, 6.07) is 2.24. The summed E-state index contributed by atoms with van der Waals surface area (Å²) in [5.41, 5.74) is -0.384. The Balaban J connectivity index is 2.32. The summed E-state index contributed by atoms with van der Waals surface area (Å²) < 4.78 is 42.6. The molecule has 1 aliphatic carbocycles. The molecule has 0 bridgehead atoms. The van der Waals surface area contributed by atoms with Gasteiger partial charge in [-0.2, -0.15) is 8.78 Å². The van der Waals surface area contributed by atoms with E-state index in [9.17, 15) is 18.0 Å². The maximum Gasteiger partial charge on any atom is 0.387 e. The molecule has 0 atom stereocenters. The predicted molar refractivity (Wildman–Crippen MR) is 62.4 cm³/mol. The molecular formula is C12H10BrF3O2. The average Bonchev–Trinajstić information content (AvgIpc) is 2.98. The summed E-state index contributed by atoms with van der Waals surface area (Å²) in [7, 11) is 0. The number of hydrogen-bond acceptors (Lipinski definition) is 2. The van der Waals surface area contributed by atoms with E-state index in [1.165, 1.54) is 6.07 Å². The maximum absolute atomic E-state index is 13.7. The molecule has 2 rings (SSSR count). The zero-order valence-corrected chi connectivity index (χ0v) is 10.8. The standard InChI is InChI=1S/C12H10BrF3O2/c13-7-4-8(14)11(9(17)3-6-1-2-6)10(5-7)18-12(15)16/h4-6,12H,1-3H2. The van der Waals surface area contributed by atoms with Crippen molar-refractivity contribution in [3.8, 4) is 5.75 Å². The summed E-state index contributed by atoms with van der Waals surface area (Å²) in [4.78, 5) is 11.8. The lowest BCUT2D eigenvalue weighted by Gasteiger charge is -2.11. The van der Waals surface area contributed by atoms with E-state index in [0.717, 1.165) is 18.9 Å². The monoisotopic (exact) mass is 322 g/mol. The van der Waals surface area contributed by atoms with Gasteiger partial charge in [0, 0.05) is 10.9 Å². The van der Waals surface area contributed by atoms with Gasteiger partial charge in [-0.25, -0.2) is 4.39 Å². The number of rotatable bonds is 5. The second-order valence-electron chi connectivity index (χ2n) is 4.21. The molecule has 0 heterocycles. The Hall–Kier alpha value is -1.04. The van der Waals surface area contributed by atoms with E-state index in [-0.39, 0.29) is 22.4 Å². The van der Waals surface area contributed by atoms with Crippen LogP contribution in [0.1, 0.15) is 29.6 Å². The van der Waals surface area contributed by atoms with Crippen molar-refractivity contribution in [2.45, 2.75) is 25.9 Å². The Morgan fingerprint density at radius 2 is 2.11 bits per heavy atom. The summed E-state index contributed by atoms with van der Waals surface area (Å²) >= 11 is 2.97. The van der Waals surface area contributed by atoms with E-state index < -0.39 is 24.0 Å². The molecule has 1 aromatic carbocycles. The van der Waals surface area contributed by atoms with Crippen LogP contribution in [-0.4, -0.2) is 12.4 Å². The van der Waals surface area contributed by atoms with Crippen LogP contribution in [0.15, 0.2) is 16.6 Å². The Labute approximate surface area is 110 Å². The molecular weight excluding hydrogens is 313 g/mol. The summed E-state index contributed by atoms with van der Waals surface area (Å²) in [6.07, 6.45) is 2.03. The fourth-order valence-electron chi connectivity index (χ4n) is 1.70. The van der Waals surface area contributed by atoms with E-state index in [2.05, 4.69) is 20.7 Å². The van der Waals surface area contributed by atoms with Gasteiger partial charge < -0.3 is 4.74 Å². The highest BCUT2D eigenvalue weighted by Crippen LogP contribution is 2.36. The zero-order chi connectivity index (χ0) is 13.3. The molecule has 0 radical (unpaired) electrons. The van der Waals surface area contributed by atoms with E-state index in [4.69, 9.17) is 0 Å². The molecule has 0 amide bonds. The number of carbonyl (C=O) groups excluding carboxylic acids is 1. The molecule has 1 fully saturated rings. The summed E-state index contributed by atoms with van der Waals surface area (Å²) in [5.74, 6) is -1.49. The van der Waals surface area contributed by atoms with Gasteiger partial charge in [0.1, 0.15) is 11.6 Å².